The Morgan fingerprint density at radius 1 is 1.12 bits per heavy atom. The van der Waals surface area contributed by atoms with Crippen LogP contribution in [0.15, 0.2) is 46.8 Å². The summed E-state index contributed by atoms with van der Waals surface area (Å²) in [5.74, 6) is 1.32. The number of rotatable bonds is 7. The van der Waals surface area contributed by atoms with E-state index >= 15 is 0 Å². The molecule has 0 aliphatic rings. The molecule has 1 atom stereocenters. The maximum Gasteiger partial charge on any atom is 0.191 e. The average Bonchev–Trinajstić information content (AvgIpc) is 3.10. The largest absolute Gasteiger partial charge is 0.356 e. The van der Waals surface area contributed by atoms with Gasteiger partial charge in [0, 0.05) is 37.5 Å². The van der Waals surface area contributed by atoms with Crippen LogP contribution in [-0.4, -0.2) is 38.5 Å². The van der Waals surface area contributed by atoms with Crippen LogP contribution in [0.5, 0.6) is 0 Å². The van der Waals surface area contributed by atoms with Gasteiger partial charge in [0.1, 0.15) is 0 Å². The van der Waals surface area contributed by atoms with E-state index in [0.29, 0.717) is 5.92 Å². The lowest BCUT2D eigenvalue weighted by atomic mass is 10.1. The maximum atomic E-state index is 4.30. The quantitative estimate of drug-likeness (QED) is 0.598. The van der Waals surface area contributed by atoms with Gasteiger partial charge in [-0.3, -0.25) is 4.99 Å². The molecule has 24 heavy (non-hydrogen) atoms. The molecule has 1 unspecified atom stereocenters. The number of thiophene rings is 1. The number of aliphatic imine (C=N–C) groups is 1. The highest BCUT2D eigenvalue weighted by molar-refractivity contribution is 7.10. The van der Waals surface area contributed by atoms with Crippen LogP contribution in [0.25, 0.3) is 0 Å². The maximum absolute atomic E-state index is 4.30. The standard InChI is InChI=1S/C19H28N4S/c1-15(18-6-5-11-24-18)12-21-19(20-2)22-13-16-7-9-17(10-8-16)14-23(3)4/h5-11,15H,12-14H2,1-4H3,(H2,20,21,22). The van der Waals surface area contributed by atoms with Gasteiger partial charge in [-0.1, -0.05) is 37.3 Å². The molecule has 1 heterocycles. The van der Waals surface area contributed by atoms with E-state index in [9.17, 15) is 0 Å². The first kappa shape index (κ1) is 18.5. The number of hydrogen-bond donors (Lipinski definition) is 2. The summed E-state index contributed by atoms with van der Waals surface area (Å²) in [4.78, 5) is 7.88. The van der Waals surface area contributed by atoms with Crippen LogP contribution in [0.2, 0.25) is 0 Å². The second kappa shape index (κ2) is 9.45. The third kappa shape index (κ3) is 5.98. The first-order valence-electron chi connectivity index (χ1n) is 8.29. The predicted molar refractivity (Wildman–Crippen MR) is 105 cm³/mol. The summed E-state index contributed by atoms with van der Waals surface area (Å²) in [5.41, 5.74) is 2.59. The molecule has 0 saturated carbocycles. The molecule has 2 aromatic rings. The molecule has 4 nitrogen and oxygen atoms in total. The van der Waals surface area contributed by atoms with Gasteiger partial charge in [0.05, 0.1) is 0 Å². The molecule has 0 radical (unpaired) electrons. The Hall–Kier alpha value is -1.85. The Bertz CT molecular complexity index is 617. The first-order chi connectivity index (χ1) is 11.6. The molecule has 0 bridgehead atoms. The van der Waals surface area contributed by atoms with Crippen molar-refractivity contribution in [2.75, 3.05) is 27.7 Å². The smallest absolute Gasteiger partial charge is 0.191 e. The fourth-order valence-corrected chi connectivity index (χ4v) is 3.24. The van der Waals surface area contributed by atoms with Crippen molar-refractivity contribution in [3.8, 4) is 0 Å². The van der Waals surface area contributed by atoms with Crippen LogP contribution in [0.4, 0.5) is 0 Å². The van der Waals surface area contributed by atoms with E-state index in [2.05, 4.69) is 83.3 Å². The molecule has 0 aliphatic carbocycles. The molecule has 0 saturated heterocycles. The normalized spacial score (nSPS) is 13.1. The van der Waals surface area contributed by atoms with Gasteiger partial charge in [0.15, 0.2) is 5.96 Å². The Kier molecular flexibility index (Phi) is 7.28. The number of nitrogens with one attached hydrogen (secondary N) is 2. The fraction of sp³-hybridized carbons (Fsp3) is 0.421. The minimum Gasteiger partial charge on any atom is -0.356 e. The molecule has 2 rings (SSSR count). The Morgan fingerprint density at radius 3 is 2.42 bits per heavy atom. The average molecular weight is 345 g/mol. The van der Waals surface area contributed by atoms with Gasteiger partial charge in [-0.25, -0.2) is 0 Å². The van der Waals surface area contributed by atoms with E-state index in [1.807, 2.05) is 7.05 Å². The summed E-state index contributed by atoms with van der Waals surface area (Å²) >= 11 is 1.80. The fourth-order valence-electron chi connectivity index (χ4n) is 2.46. The van der Waals surface area contributed by atoms with Crippen molar-refractivity contribution in [2.24, 2.45) is 4.99 Å². The van der Waals surface area contributed by atoms with Crippen molar-refractivity contribution >= 4 is 17.3 Å². The van der Waals surface area contributed by atoms with Crippen LogP contribution in [0, 0.1) is 0 Å². The van der Waals surface area contributed by atoms with Gasteiger partial charge in [0.2, 0.25) is 0 Å². The number of guanidine groups is 1. The molecule has 1 aromatic heterocycles. The van der Waals surface area contributed by atoms with Crippen LogP contribution in [-0.2, 0) is 13.1 Å². The Balaban J connectivity index is 1.79. The zero-order chi connectivity index (χ0) is 17.4. The highest BCUT2D eigenvalue weighted by Crippen LogP contribution is 2.19. The molecule has 1 aromatic carbocycles. The molecule has 2 N–H and O–H groups in total. The molecule has 0 aliphatic heterocycles. The zero-order valence-electron chi connectivity index (χ0n) is 15.0. The molecule has 5 heteroatoms. The Morgan fingerprint density at radius 2 is 1.83 bits per heavy atom. The predicted octanol–water partition coefficient (Wildman–Crippen LogP) is 3.28. The summed E-state index contributed by atoms with van der Waals surface area (Å²) in [5, 5.41) is 8.91. The van der Waals surface area contributed by atoms with Gasteiger partial charge >= 0.3 is 0 Å². The minimum atomic E-state index is 0.480. The van der Waals surface area contributed by atoms with Crippen LogP contribution in [0.3, 0.4) is 0 Å². The lowest BCUT2D eigenvalue weighted by molar-refractivity contribution is 0.402. The Labute approximate surface area is 149 Å². The SMILES string of the molecule is CN=C(NCc1ccc(CN(C)C)cc1)NCC(C)c1cccs1. The van der Waals surface area contributed by atoms with Crippen molar-refractivity contribution < 1.29 is 0 Å². The van der Waals surface area contributed by atoms with E-state index < -0.39 is 0 Å². The van der Waals surface area contributed by atoms with E-state index in [0.717, 1.165) is 25.6 Å². The third-order valence-electron chi connectivity index (χ3n) is 3.81. The highest BCUT2D eigenvalue weighted by atomic mass is 32.1. The van der Waals surface area contributed by atoms with Crippen molar-refractivity contribution in [1.29, 1.82) is 0 Å². The van der Waals surface area contributed by atoms with Gasteiger partial charge in [-0.15, -0.1) is 11.3 Å². The lowest BCUT2D eigenvalue weighted by Crippen LogP contribution is -2.38. The second-order valence-corrected chi connectivity index (χ2v) is 7.26. The molecule has 130 valence electrons. The van der Waals surface area contributed by atoms with Crippen LogP contribution < -0.4 is 10.6 Å². The number of benzene rings is 1. The van der Waals surface area contributed by atoms with Crippen molar-refractivity contribution in [3.05, 3.63) is 57.8 Å². The first-order valence-corrected chi connectivity index (χ1v) is 9.17. The molecule has 0 amide bonds. The number of nitrogens with zero attached hydrogens (tertiary/aromatic N) is 2. The van der Waals surface area contributed by atoms with Crippen LogP contribution >= 0.6 is 11.3 Å². The zero-order valence-corrected chi connectivity index (χ0v) is 15.9. The van der Waals surface area contributed by atoms with Crippen molar-refractivity contribution in [3.63, 3.8) is 0 Å². The summed E-state index contributed by atoms with van der Waals surface area (Å²) in [6, 6.07) is 13.0. The van der Waals surface area contributed by atoms with Crippen LogP contribution in [0.1, 0.15) is 28.8 Å². The third-order valence-corrected chi connectivity index (χ3v) is 4.91. The molecule has 0 spiro atoms. The summed E-state index contributed by atoms with van der Waals surface area (Å²) in [7, 11) is 5.98. The van der Waals surface area contributed by atoms with E-state index in [1.165, 1.54) is 16.0 Å². The van der Waals surface area contributed by atoms with Gasteiger partial charge in [0.25, 0.3) is 0 Å². The van der Waals surface area contributed by atoms with E-state index in [-0.39, 0.29) is 0 Å². The van der Waals surface area contributed by atoms with E-state index in [4.69, 9.17) is 0 Å². The lowest BCUT2D eigenvalue weighted by Gasteiger charge is -2.15. The van der Waals surface area contributed by atoms with Gasteiger partial charge in [-0.05, 0) is 36.7 Å². The topological polar surface area (TPSA) is 39.7 Å². The molecule has 0 fully saturated rings. The minimum absolute atomic E-state index is 0.480. The summed E-state index contributed by atoms with van der Waals surface area (Å²) in [6.45, 7) is 4.85. The van der Waals surface area contributed by atoms with Crippen molar-refractivity contribution in [2.45, 2.75) is 25.9 Å². The monoisotopic (exact) mass is 344 g/mol. The summed E-state index contributed by atoms with van der Waals surface area (Å²) in [6.07, 6.45) is 0. The number of hydrogen-bond acceptors (Lipinski definition) is 3. The van der Waals surface area contributed by atoms with Gasteiger partial charge in [-0.2, -0.15) is 0 Å². The van der Waals surface area contributed by atoms with E-state index in [1.54, 1.807) is 11.3 Å². The molecular formula is C19H28N4S. The van der Waals surface area contributed by atoms with Gasteiger partial charge < -0.3 is 15.5 Å². The molecular weight excluding hydrogens is 316 g/mol. The van der Waals surface area contributed by atoms with Crippen molar-refractivity contribution in [1.82, 2.24) is 15.5 Å². The second-order valence-electron chi connectivity index (χ2n) is 6.28. The summed E-state index contributed by atoms with van der Waals surface area (Å²) < 4.78 is 0. The highest BCUT2D eigenvalue weighted by Gasteiger charge is 2.07.